The Morgan fingerprint density at radius 1 is 1.37 bits per heavy atom. The Hall–Kier alpha value is -1.62. The molecule has 0 aliphatic heterocycles. The van der Waals surface area contributed by atoms with Gasteiger partial charge < -0.3 is 14.6 Å². The summed E-state index contributed by atoms with van der Waals surface area (Å²) in [6.45, 7) is 0. The Morgan fingerprint density at radius 3 is 2.79 bits per heavy atom. The SMILES string of the molecule is COC1CCCC(Oc2cc(F)ccc2C(=O)O)C1. The molecule has 0 heterocycles. The number of carbonyl (C=O) groups is 1. The molecule has 0 bridgehead atoms. The summed E-state index contributed by atoms with van der Waals surface area (Å²) in [5, 5.41) is 9.06. The third-order valence-electron chi connectivity index (χ3n) is 3.38. The number of benzene rings is 1. The molecule has 0 aromatic heterocycles. The first-order valence-electron chi connectivity index (χ1n) is 6.32. The minimum atomic E-state index is -1.12. The van der Waals surface area contributed by atoms with E-state index in [0.29, 0.717) is 6.42 Å². The largest absolute Gasteiger partial charge is 0.489 e. The van der Waals surface area contributed by atoms with Crippen molar-refractivity contribution >= 4 is 5.97 Å². The van der Waals surface area contributed by atoms with E-state index in [1.807, 2.05) is 0 Å². The fourth-order valence-electron chi connectivity index (χ4n) is 2.37. The number of carboxylic acid groups (broad SMARTS) is 1. The van der Waals surface area contributed by atoms with Crippen LogP contribution < -0.4 is 4.74 Å². The van der Waals surface area contributed by atoms with Gasteiger partial charge in [0.1, 0.15) is 23.2 Å². The number of hydrogen-bond donors (Lipinski definition) is 1. The van der Waals surface area contributed by atoms with Crippen LogP contribution in [0.2, 0.25) is 0 Å². The van der Waals surface area contributed by atoms with Crippen LogP contribution in [0.3, 0.4) is 0 Å². The number of methoxy groups -OCH3 is 1. The van der Waals surface area contributed by atoms with Crippen molar-refractivity contribution < 1.29 is 23.8 Å². The van der Waals surface area contributed by atoms with E-state index in [2.05, 4.69) is 0 Å². The summed E-state index contributed by atoms with van der Waals surface area (Å²) < 4.78 is 24.2. The lowest BCUT2D eigenvalue weighted by atomic mass is 9.95. The van der Waals surface area contributed by atoms with Crippen LogP contribution >= 0.6 is 0 Å². The predicted octanol–water partition coefficient (Wildman–Crippen LogP) is 2.86. The molecule has 5 heteroatoms. The number of rotatable bonds is 4. The van der Waals surface area contributed by atoms with Crippen molar-refractivity contribution in [3.8, 4) is 5.75 Å². The fraction of sp³-hybridized carbons (Fsp3) is 0.500. The van der Waals surface area contributed by atoms with Crippen molar-refractivity contribution in [1.29, 1.82) is 0 Å². The second kappa shape index (κ2) is 6.02. The second-order valence-corrected chi connectivity index (χ2v) is 4.71. The maximum Gasteiger partial charge on any atom is 0.339 e. The first kappa shape index (κ1) is 13.8. The highest BCUT2D eigenvalue weighted by molar-refractivity contribution is 5.90. The molecule has 2 unspecified atom stereocenters. The highest BCUT2D eigenvalue weighted by atomic mass is 19.1. The Morgan fingerprint density at radius 2 is 2.11 bits per heavy atom. The first-order valence-corrected chi connectivity index (χ1v) is 6.32. The third-order valence-corrected chi connectivity index (χ3v) is 3.38. The van der Waals surface area contributed by atoms with E-state index < -0.39 is 11.8 Å². The van der Waals surface area contributed by atoms with E-state index in [4.69, 9.17) is 14.6 Å². The monoisotopic (exact) mass is 268 g/mol. The third kappa shape index (κ3) is 3.44. The molecule has 1 fully saturated rings. The van der Waals surface area contributed by atoms with Gasteiger partial charge in [0.2, 0.25) is 0 Å². The zero-order valence-electron chi connectivity index (χ0n) is 10.8. The van der Waals surface area contributed by atoms with Crippen LogP contribution in [0.15, 0.2) is 18.2 Å². The van der Waals surface area contributed by atoms with Gasteiger partial charge in [-0.3, -0.25) is 0 Å². The molecule has 1 aromatic carbocycles. The quantitative estimate of drug-likeness (QED) is 0.912. The average Bonchev–Trinajstić information content (AvgIpc) is 2.38. The smallest absolute Gasteiger partial charge is 0.339 e. The Bertz CT molecular complexity index is 461. The molecule has 0 spiro atoms. The van der Waals surface area contributed by atoms with Gasteiger partial charge in [0.25, 0.3) is 0 Å². The maximum atomic E-state index is 13.2. The molecule has 1 aliphatic rings. The maximum absolute atomic E-state index is 13.2. The number of hydrogen-bond acceptors (Lipinski definition) is 3. The second-order valence-electron chi connectivity index (χ2n) is 4.71. The highest BCUT2D eigenvalue weighted by Gasteiger charge is 2.24. The van der Waals surface area contributed by atoms with Gasteiger partial charge >= 0.3 is 5.97 Å². The number of halogens is 1. The molecule has 4 nitrogen and oxygen atoms in total. The minimum absolute atomic E-state index is 0.0130. The molecule has 0 amide bonds. The highest BCUT2D eigenvalue weighted by Crippen LogP contribution is 2.28. The lowest BCUT2D eigenvalue weighted by Gasteiger charge is -2.29. The summed E-state index contributed by atoms with van der Waals surface area (Å²) >= 11 is 0. The molecular formula is C14H17FO4. The Labute approximate surface area is 111 Å². The first-order chi connectivity index (χ1) is 9.10. The fourth-order valence-corrected chi connectivity index (χ4v) is 2.37. The molecule has 19 heavy (non-hydrogen) atoms. The van der Waals surface area contributed by atoms with Crippen molar-refractivity contribution in [3.05, 3.63) is 29.6 Å². The normalized spacial score (nSPS) is 23.1. The minimum Gasteiger partial charge on any atom is -0.489 e. The summed E-state index contributed by atoms with van der Waals surface area (Å²) in [5.74, 6) is -1.53. The van der Waals surface area contributed by atoms with Crippen molar-refractivity contribution in [1.82, 2.24) is 0 Å². The molecule has 1 aromatic rings. The van der Waals surface area contributed by atoms with E-state index in [1.165, 1.54) is 6.07 Å². The summed E-state index contributed by atoms with van der Waals surface area (Å²) in [6, 6.07) is 3.47. The molecule has 0 saturated heterocycles. The van der Waals surface area contributed by atoms with Gasteiger partial charge in [0.05, 0.1) is 6.10 Å². The van der Waals surface area contributed by atoms with Crippen LogP contribution in [0, 0.1) is 5.82 Å². The standard InChI is InChI=1S/C14H17FO4/c1-18-10-3-2-4-11(8-10)19-13-7-9(15)5-6-12(13)14(16)17/h5-7,10-11H,2-4,8H2,1H3,(H,16,17). The Balaban J connectivity index is 2.13. The van der Waals surface area contributed by atoms with E-state index in [0.717, 1.165) is 31.4 Å². The van der Waals surface area contributed by atoms with Crippen molar-refractivity contribution in [2.45, 2.75) is 37.9 Å². The molecule has 1 saturated carbocycles. The van der Waals surface area contributed by atoms with E-state index in [-0.39, 0.29) is 23.5 Å². The topological polar surface area (TPSA) is 55.8 Å². The number of ether oxygens (including phenoxy) is 2. The summed E-state index contributed by atoms with van der Waals surface area (Å²) in [5.41, 5.74) is -0.0130. The van der Waals surface area contributed by atoms with Crippen LogP contribution in [0.25, 0.3) is 0 Å². The van der Waals surface area contributed by atoms with Gasteiger partial charge in [-0.25, -0.2) is 9.18 Å². The van der Waals surface area contributed by atoms with Crippen molar-refractivity contribution in [3.63, 3.8) is 0 Å². The molecule has 104 valence electrons. The number of aromatic carboxylic acids is 1. The van der Waals surface area contributed by atoms with Gasteiger partial charge in [-0.2, -0.15) is 0 Å². The molecule has 1 aliphatic carbocycles. The summed E-state index contributed by atoms with van der Waals surface area (Å²) in [7, 11) is 1.65. The molecule has 1 N–H and O–H groups in total. The van der Waals surface area contributed by atoms with Crippen molar-refractivity contribution in [2.75, 3.05) is 7.11 Å². The molecular weight excluding hydrogens is 251 g/mol. The van der Waals surface area contributed by atoms with Crippen LogP contribution in [0.1, 0.15) is 36.0 Å². The zero-order chi connectivity index (χ0) is 13.8. The molecule has 2 atom stereocenters. The van der Waals surface area contributed by atoms with Crippen LogP contribution in [-0.4, -0.2) is 30.4 Å². The molecule has 0 radical (unpaired) electrons. The van der Waals surface area contributed by atoms with Gasteiger partial charge in [-0.1, -0.05) is 0 Å². The summed E-state index contributed by atoms with van der Waals surface area (Å²) in [4.78, 5) is 11.1. The summed E-state index contributed by atoms with van der Waals surface area (Å²) in [6.07, 6.45) is 3.47. The number of carboxylic acids is 1. The van der Waals surface area contributed by atoms with E-state index in [1.54, 1.807) is 7.11 Å². The van der Waals surface area contributed by atoms with E-state index >= 15 is 0 Å². The van der Waals surface area contributed by atoms with Crippen LogP contribution in [-0.2, 0) is 4.74 Å². The zero-order valence-corrected chi connectivity index (χ0v) is 10.8. The van der Waals surface area contributed by atoms with Crippen molar-refractivity contribution in [2.24, 2.45) is 0 Å². The average molecular weight is 268 g/mol. The van der Waals surface area contributed by atoms with Crippen LogP contribution in [0.5, 0.6) is 5.75 Å². The van der Waals surface area contributed by atoms with Gasteiger partial charge in [0.15, 0.2) is 0 Å². The van der Waals surface area contributed by atoms with Gasteiger partial charge in [-0.15, -0.1) is 0 Å². The lowest BCUT2D eigenvalue weighted by Crippen LogP contribution is -2.30. The lowest BCUT2D eigenvalue weighted by molar-refractivity contribution is 0.0204. The van der Waals surface area contributed by atoms with Gasteiger partial charge in [-0.05, 0) is 31.4 Å². The van der Waals surface area contributed by atoms with E-state index in [9.17, 15) is 9.18 Å². The van der Waals surface area contributed by atoms with Gasteiger partial charge in [0, 0.05) is 19.6 Å². The van der Waals surface area contributed by atoms with Crippen LogP contribution in [0.4, 0.5) is 4.39 Å². The Kier molecular flexibility index (Phi) is 4.37. The molecule has 2 rings (SSSR count). The predicted molar refractivity (Wildman–Crippen MR) is 67.0 cm³/mol.